The van der Waals surface area contributed by atoms with E-state index in [0.29, 0.717) is 12.1 Å². The first kappa shape index (κ1) is 15.8. The lowest BCUT2D eigenvalue weighted by atomic mass is 9.92. The normalized spacial score (nSPS) is 29.9. The van der Waals surface area contributed by atoms with Gasteiger partial charge in [-0.2, -0.15) is 0 Å². The van der Waals surface area contributed by atoms with Crippen LogP contribution in [0.5, 0.6) is 0 Å². The molecule has 4 heteroatoms. The maximum absolute atomic E-state index is 12.1. The fraction of sp³-hybridized carbons (Fsp3) is 0.938. The highest BCUT2D eigenvalue weighted by Crippen LogP contribution is 2.38. The molecule has 0 aromatic rings. The third-order valence-corrected chi connectivity index (χ3v) is 4.99. The van der Waals surface area contributed by atoms with Crippen LogP contribution in [-0.2, 0) is 9.53 Å². The molecule has 0 radical (unpaired) electrons. The van der Waals surface area contributed by atoms with Crippen molar-refractivity contribution in [3.8, 4) is 0 Å². The molecule has 2 rings (SSSR count). The van der Waals surface area contributed by atoms with Crippen LogP contribution in [0.15, 0.2) is 0 Å². The third-order valence-electron chi connectivity index (χ3n) is 4.99. The Balaban J connectivity index is 1.89. The smallest absolute Gasteiger partial charge is 0.325 e. The molecule has 4 atom stereocenters. The van der Waals surface area contributed by atoms with Crippen LogP contribution >= 0.6 is 0 Å². The highest BCUT2D eigenvalue weighted by atomic mass is 16.5. The summed E-state index contributed by atoms with van der Waals surface area (Å²) in [7, 11) is 3.65. The van der Waals surface area contributed by atoms with Crippen LogP contribution in [0.3, 0.4) is 0 Å². The molecule has 2 aliphatic rings. The number of nitrogens with zero attached hydrogens (tertiary/aromatic N) is 1. The number of nitrogens with one attached hydrogen (secondary N) is 1. The molecule has 4 unspecified atom stereocenters. The highest BCUT2D eigenvalue weighted by Gasteiger charge is 2.41. The van der Waals surface area contributed by atoms with E-state index >= 15 is 0 Å². The molecule has 0 aromatic heterocycles. The zero-order valence-corrected chi connectivity index (χ0v) is 13.6. The van der Waals surface area contributed by atoms with Gasteiger partial charge in [0.1, 0.15) is 5.54 Å². The largest absolute Gasteiger partial charge is 0.468 e. The first-order valence-corrected chi connectivity index (χ1v) is 7.92. The average Bonchev–Trinajstić information content (AvgIpc) is 3.29. The molecule has 0 amide bonds. The lowest BCUT2D eigenvalue weighted by Crippen LogP contribution is -2.54. The number of rotatable bonds is 8. The average molecular weight is 282 g/mol. The van der Waals surface area contributed by atoms with Crippen LogP contribution in [-0.4, -0.2) is 49.2 Å². The first-order valence-electron chi connectivity index (χ1n) is 7.92. The van der Waals surface area contributed by atoms with E-state index in [0.717, 1.165) is 24.8 Å². The molecule has 0 aliphatic heterocycles. The molecular weight excluding hydrogens is 252 g/mol. The Morgan fingerprint density at radius 1 is 1.50 bits per heavy atom. The molecule has 0 saturated heterocycles. The van der Waals surface area contributed by atoms with Gasteiger partial charge in [0.05, 0.1) is 7.11 Å². The minimum atomic E-state index is -0.557. The number of methoxy groups -OCH3 is 1. The van der Waals surface area contributed by atoms with Crippen molar-refractivity contribution in [3.63, 3.8) is 0 Å². The van der Waals surface area contributed by atoms with Gasteiger partial charge in [-0.15, -0.1) is 0 Å². The Kier molecular flexibility index (Phi) is 4.75. The van der Waals surface area contributed by atoms with Gasteiger partial charge in [0.2, 0.25) is 0 Å². The molecule has 20 heavy (non-hydrogen) atoms. The van der Waals surface area contributed by atoms with Gasteiger partial charge in [0, 0.05) is 18.6 Å². The minimum absolute atomic E-state index is 0.135. The zero-order valence-electron chi connectivity index (χ0n) is 13.6. The molecule has 0 spiro atoms. The predicted octanol–water partition coefficient (Wildman–Crippen LogP) is 2.04. The molecule has 1 N–H and O–H groups in total. The van der Waals surface area contributed by atoms with Crippen LogP contribution in [0.1, 0.15) is 46.5 Å². The Morgan fingerprint density at radius 3 is 2.55 bits per heavy atom. The van der Waals surface area contributed by atoms with Crippen molar-refractivity contribution < 1.29 is 9.53 Å². The van der Waals surface area contributed by atoms with Crippen LogP contribution in [0.25, 0.3) is 0 Å². The molecule has 116 valence electrons. The first-order chi connectivity index (χ1) is 9.35. The SMILES string of the molecule is COC(=O)C(C)(CC(C)N(C)CC1CC1C)NC1CC1. The van der Waals surface area contributed by atoms with Crippen molar-refractivity contribution in [2.75, 3.05) is 20.7 Å². The number of ether oxygens (including phenoxy) is 1. The van der Waals surface area contributed by atoms with E-state index in [4.69, 9.17) is 4.74 Å². The summed E-state index contributed by atoms with van der Waals surface area (Å²) in [5, 5.41) is 3.48. The highest BCUT2D eigenvalue weighted by molar-refractivity contribution is 5.80. The van der Waals surface area contributed by atoms with Crippen molar-refractivity contribution in [2.45, 2.75) is 64.1 Å². The van der Waals surface area contributed by atoms with Crippen LogP contribution < -0.4 is 5.32 Å². The van der Waals surface area contributed by atoms with Gasteiger partial charge >= 0.3 is 5.97 Å². The maximum Gasteiger partial charge on any atom is 0.325 e. The summed E-state index contributed by atoms with van der Waals surface area (Å²) < 4.78 is 5.02. The van der Waals surface area contributed by atoms with Crippen molar-refractivity contribution in [2.24, 2.45) is 11.8 Å². The quantitative estimate of drug-likeness (QED) is 0.692. The fourth-order valence-electron chi connectivity index (χ4n) is 3.05. The molecule has 0 bridgehead atoms. The Hall–Kier alpha value is -0.610. The molecule has 0 heterocycles. The zero-order chi connectivity index (χ0) is 14.9. The second kappa shape index (κ2) is 6.02. The lowest BCUT2D eigenvalue weighted by molar-refractivity contribution is -0.148. The maximum atomic E-state index is 12.1. The number of carbonyl (C=O) groups excluding carboxylic acids is 1. The molecule has 0 aromatic carbocycles. The standard InChI is InChI=1S/C16H30N2O2/c1-11-8-13(11)10-18(4)12(2)9-16(3,15(19)20-5)17-14-6-7-14/h11-14,17H,6-10H2,1-5H3. The summed E-state index contributed by atoms with van der Waals surface area (Å²) >= 11 is 0. The minimum Gasteiger partial charge on any atom is -0.468 e. The van der Waals surface area contributed by atoms with E-state index < -0.39 is 5.54 Å². The van der Waals surface area contributed by atoms with E-state index in [1.807, 2.05) is 6.92 Å². The number of esters is 1. The van der Waals surface area contributed by atoms with Crippen molar-refractivity contribution in [1.82, 2.24) is 10.2 Å². The van der Waals surface area contributed by atoms with Gasteiger partial charge in [-0.3, -0.25) is 10.1 Å². The van der Waals surface area contributed by atoms with E-state index in [-0.39, 0.29) is 5.97 Å². The Labute approximate surface area is 123 Å². The summed E-state index contributed by atoms with van der Waals surface area (Å²) in [5.74, 6) is 1.59. The summed E-state index contributed by atoms with van der Waals surface area (Å²) in [4.78, 5) is 14.5. The summed E-state index contributed by atoms with van der Waals surface area (Å²) in [6.45, 7) is 7.66. The van der Waals surface area contributed by atoms with Gasteiger partial charge < -0.3 is 9.64 Å². The van der Waals surface area contributed by atoms with Gasteiger partial charge in [0.15, 0.2) is 0 Å². The van der Waals surface area contributed by atoms with E-state index in [2.05, 4.69) is 31.1 Å². The van der Waals surface area contributed by atoms with Crippen molar-refractivity contribution in [3.05, 3.63) is 0 Å². The van der Waals surface area contributed by atoms with Crippen molar-refractivity contribution >= 4 is 5.97 Å². The van der Waals surface area contributed by atoms with Crippen LogP contribution in [0.4, 0.5) is 0 Å². The molecule has 4 nitrogen and oxygen atoms in total. The van der Waals surface area contributed by atoms with Gasteiger partial charge in [-0.25, -0.2) is 0 Å². The summed E-state index contributed by atoms with van der Waals surface area (Å²) in [6.07, 6.45) is 4.51. The molecule has 2 saturated carbocycles. The second-order valence-electron chi connectivity index (χ2n) is 7.21. The monoisotopic (exact) mass is 282 g/mol. The van der Waals surface area contributed by atoms with Crippen molar-refractivity contribution in [1.29, 1.82) is 0 Å². The topological polar surface area (TPSA) is 41.6 Å². The van der Waals surface area contributed by atoms with Crippen LogP contribution in [0.2, 0.25) is 0 Å². The lowest BCUT2D eigenvalue weighted by Gasteiger charge is -2.34. The van der Waals surface area contributed by atoms with E-state index in [1.165, 1.54) is 26.4 Å². The summed E-state index contributed by atoms with van der Waals surface area (Å²) in [5.41, 5.74) is -0.557. The molecule has 2 aliphatic carbocycles. The van der Waals surface area contributed by atoms with E-state index in [1.54, 1.807) is 0 Å². The van der Waals surface area contributed by atoms with Gasteiger partial charge in [-0.05, 0) is 58.4 Å². The third kappa shape index (κ3) is 3.95. The number of hydrogen-bond acceptors (Lipinski definition) is 4. The number of carbonyl (C=O) groups is 1. The van der Waals surface area contributed by atoms with Gasteiger partial charge in [-0.1, -0.05) is 6.92 Å². The number of hydrogen-bond donors (Lipinski definition) is 1. The van der Waals surface area contributed by atoms with Gasteiger partial charge in [0.25, 0.3) is 0 Å². The Morgan fingerprint density at radius 2 is 2.10 bits per heavy atom. The molecular formula is C16H30N2O2. The Bertz CT molecular complexity index is 356. The van der Waals surface area contributed by atoms with E-state index in [9.17, 15) is 4.79 Å². The predicted molar refractivity (Wildman–Crippen MR) is 80.6 cm³/mol. The van der Waals surface area contributed by atoms with Crippen LogP contribution in [0, 0.1) is 11.8 Å². The fourth-order valence-corrected chi connectivity index (χ4v) is 3.05. The molecule has 2 fully saturated rings. The second-order valence-corrected chi connectivity index (χ2v) is 7.21. The summed E-state index contributed by atoms with van der Waals surface area (Å²) in [6, 6.07) is 0.873.